The Labute approximate surface area is 143 Å². The van der Waals surface area contributed by atoms with Gasteiger partial charge in [-0.3, -0.25) is 4.79 Å². The normalized spacial score (nSPS) is 24.0. The van der Waals surface area contributed by atoms with Crippen LogP contribution in [0.3, 0.4) is 0 Å². The second kappa shape index (κ2) is 6.15. The van der Waals surface area contributed by atoms with Crippen LogP contribution in [0.15, 0.2) is 18.2 Å². The summed E-state index contributed by atoms with van der Waals surface area (Å²) in [7, 11) is 0. The molecule has 0 N–H and O–H groups in total. The number of aryl methyl sites for hydroxylation is 2. The fourth-order valence-corrected chi connectivity index (χ4v) is 4.41. The number of rotatable bonds is 1. The van der Waals surface area contributed by atoms with Gasteiger partial charge >= 0.3 is 0 Å². The van der Waals surface area contributed by atoms with Crippen molar-refractivity contribution in [2.45, 2.75) is 58.4 Å². The molecular formula is C20H25N3O. The summed E-state index contributed by atoms with van der Waals surface area (Å²) in [4.78, 5) is 24.4. The van der Waals surface area contributed by atoms with E-state index in [1.54, 1.807) is 0 Å². The smallest absolute Gasteiger partial charge is 0.254 e. The number of carbonyl (C=O) groups excluding carboxylic acids is 1. The summed E-state index contributed by atoms with van der Waals surface area (Å²) >= 11 is 0. The molecule has 2 fully saturated rings. The lowest BCUT2D eigenvalue weighted by atomic mass is 9.78. The van der Waals surface area contributed by atoms with Gasteiger partial charge < -0.3 is 4.90 Å². The van der Waals surface area contributed by atoms with Crippen LogP contribution in [0.5, 0.6) is 0 Å². The van der Waals surface area contributed by atoms with Crippen LogP contribution in [0.2, 0.25) is 0 Å². The molecule has 1 aliphatic heterocycles. The minimum absolute atomic E-state index is 0.175. The number of nitrogens with zero attached hydrogens (tertiary/aromatic N) is 3. The highest BCUT2D eigenvalue weighted by atomic mass is 16.2. The number of hydrogen-bond donors (Lipinski definition) is 0. The standard InChI is InChI=1S/C20H25N3O/c1-13-14(2)22-18-12-16(9-10-17(18)21-13)20(24)23-11-5-7-15-6-3-4-8-19(15)23/h9-10,12,15,19H,3-8,11H2,1-2H3/t15-,19+/m1/s1. The molecule has 1 aliphatic carbocycles. The van der Waals surface area contributed by atoms with Crippen molar-refractivity contribution >= 4 is 16.9 Å². The first-order valence-corrected chi connectivity index (χ1v) is 9.19. The summed E-state index contributed by atoms with van der Waals surface area (Å²) in [5.74, 6) is 0.884. The fraction of sp³-hybridized carbons (Fsp3) is 0.550. The van der Waals surface area contributed by atoms with E-state index in [0.29, 0.717) is 12.0 Å². The van der Waals surface area contributed by atoms with Crippen LogP contribution in [-0.2, 0) is 0 Å². The molecule has 1 saturated heterocycles. The molecule has 24 heavy (non-hydrogen) atoms. The van der Waals surface area contributed by atoms with Crippen molar-refractivity contribution in [3.8, 4) is 0 Å². The van der Waals surface area contributed by atoms with E-state index in [1.807, 2.05) is 32.0 Å². The van der Waals surface area contributed by atoms with E-state index in [1.165, 1.54) is 32.1 Å². The lowest BCUT2D eigenvalue weighted by molar-refractivity contribution is 0.0391. The summed E-state index contributed by atoms with van der Waals surface area (Å²) < 4.78 is 0. The third-order valence-electron chi connectivity index (χ3n) is 5.83. The van der Waals surface area contributed by atoms with E-state index in [9.17, 15) is 4.79 Å². The van der Waals surface area contributed by atoms with Gasteiger partial charge in [-0.05, 0) is 63.6 Å². The van der Waals surface area contributed by atoms with Crippen molar-refractivity contribution in [1.29, 1.82) is 0 Å². The molecule has 0 bridgehead atoms. The maximum absolute atomic E-state index is 13.1. The summed E-state index contributed by atoms with van der Waals surface area (Å²) in [5.41, 5.74) is 4.32. The first kappa shape index (κ1) is 15.6. The molecule has 4 rings (SSSR count). The number of benzene rings is 1. The quantitative estimate of drug-likeness (QED) is 0.795. The van der Waals surface area contributed by atoms with Gasteiger partial charge in [0.2, 0.25) is 0 Å². The number of aromatic nitrogens is 2. The van der Waals surface area contributed by atoms with Crippen molar-refractivity contribution < 1.29 is 4.79 Å². The predicted octanol–water partition coefficient (Wildman–Crippen LogP) is 4.04. The van der Waals surface area contributed by atoms with Crippen LogP contribution < -0.4 is 0 Å². The molecule has 2 aromatic rings. The van der Waals surface area contributed by atoms with E-state index in [0.717, 1.165) is 41.0 Å². The van der Waals surface area contributed by atoms with E-state index in [4.69, 9.17) is 0 Å². The van der Waals surface area contributed by atoms with Gasteiger partial charge in [0.05, 0.1) is 22.4 Å². The molecule has 1 aromatic heterocycles. The second-order valence-corrected chi connectivity index (χ2v) is 7.35. The zero-order valence-electron chi connectivity index (χ0n) is 14.6. The molecule has 1 aromatic carbocycles. The molecule has 1 amide bonds. The average molecular weight is 323 g/mol. The Morgan fingerprint density at radius 2 is 1.71 bits per heavy atom. The molecule has 0 spiro atoms. The maximum atomic E-state index is 13.1. The minimum Gasteiger partial charge on any atom is -0.335 e. The summed E-state index contributed by atoms with van der Waals surface area (Å²) in [6.45, 7) is 4.84. The summed E-state index contributed by atoms with van der Waals surface area (Å²) in [5, 5.41) is 0. The maximum Gasteiger partial charge on any atom is 0.254 e. The SMILES string of the molecule is Cc1nc2ccc(C(=O)N3CCC[C@H]4CCCC[C@@H]43)cc2nc1C. The van der Waals surface area contributed by atoms with E-state index >= 15 is 0 Å². The number of likely N-dealkylation sites (tertiary alicyclic amines) is 1. The average Bonchev–Trinajstić information content (AvgIpc) is 2.61. The molecule has 2 atom stereocenters. The van der Waals surface area contributed by atoms with Crippen LogP contribution in [0.4, 0.5) is 0 Å². The highest BCUT2D eigenvalue weighted by Gasteiger charge is 2.36. The van der Waals surface area contributed by atoms with Gasteiger partial charge in [0.15, 0.2) is 0 Å². The molecule has 4 heteroatoms. The van der Waals surface area contributed by atoms with Gasteiger partial charge in [-0.15, -0.1) is 0 Å². The Balaban J connectivity index is 1.66. The second-order valence-electron chi connectivity index (χ2n) is 7.35. The van der Waals surface area contributed by atoms with E-state index in [-0.39, 0.29) is 5.91 Å². The molecule has 2 aliphatic rings. The monoisotopic (exact) mass is 323 g/mol. The van der Waals surface area contributed by atoms with Crippen LogP contribution in [0.1, 0.15) is 60.3 Å². The molecule has 2 heterocycles. The number of amides is 1. The van der Waals surface area contributed by atoms with Crippen molar-refractivity contribution in [3.05, 3.63) is 35.2 Å². The molecule has 126 valence electrons. The summed E-state index contributed by atoms with van der Waals surface area (Å²) in [6, 6.07) is 6.22. The van der Waals surface area contributed by atoms with Gasteiger partial charge in [0.1, 0.15) is 0 Å². The Morgan fingerprint density at radius 3 is 2.54 bits per heavy atom. The molecule has 1 saturated carbocycles. The molecule has 0 unspecified atom stereocenters. The van der Waals surface area contributed by atoms with Gasteiger partial charge in [0.25, 0.3) is 5.91 Å². The third kappa shape index (κ3) is 2.68. The van der Waals surface area contributed by atoms with E-state index < -0.39 is 0 Å². The Hall–Kier alpha value is -1.97. The molecule has 4 nitrogen and oxygen atoms in total. The van der Waals surface area contributed by atoms with Gasteiger partial charge in [0, 0.05) is 18.2 Å². The highest BCUT2D eigenvalue weighted by molar-refractivity contribution is 5.97. The highest BCUT2D eigenvalue weighted by Crippen LogP contribution is 2.36. The Morgan fingerprint density at radius 1 is 1.00 bits per heavy atom. The minimum atomic E-state index is 0.175. The first-order chi connectivity index (χ1) is 11.6. The van der Waals surface area contributed by atoms with Gasteiger partial charge in [-0.1, -0.05) is 12.8 Å². The predicted molar refractivity (Wildman–Crippen MR) is 95.0 cm³/mol. The zero-order chi connectivity index (χ0) is 16.7. The van der Waals surface area contributed by atoms with Crippen molar-refractivity contribution in [2.75, 3.05) is 6.54 Å². The topological polar surface area (TPSA) is 46.1 Å². The third-order valence-corrected chi connectivity index (χ3v) is 5.83. The largest absolute Gasteiger partial charge is 0.335 e. The number of fused-ring (bicyclic) bond motifs is 2. The Bertz CT molecular complexity index is 784. The van der Waals surface area contributed by atoms with Crippen LogP contribution >= 0.6 is 0 Å². The first-order valence-electron chi connectivity index (χ1n) is 9.19. The lowest BCUT2D eigenvalue weighted by Crippen LogP contribution is -2.49. The molecule has 0 radical (unpaired) electrons. The Kier molecular flexibility index (Phi) is 3.99. The summed E-state index contributed by atoms with van der Waals surface area (Å²) in [6.07, 6.45) is 7.47. The van der Waals surface area contributed by atoms with E-state index in [2.05, 4.69) is 14.9 Å². The molecular weight excluding hydrogens is 298 g/mol. The fourth-order valence-electron chi connectivity index (χ4n) is 4.41. The zero-order valence-corrected chi connectivity index (χ0v) is 14.6. The van der Waals surface area contributed by atoms with Crippen LogP contribution in [-0.4, -0.2) is 33.4 Å². The van der Waals surface area contributed by atoms with Crippen molar-refractivity contribution in [3.63, 3.8) is 0 Å². The van der Waals surface area contributed by atoms with Gasteiger partial charge in [-0.25, -0.2) is 9.97 Å². The number of hydrogen-bond acceptors (Lipinski definition) is 3. The lowest BCUT2D eigenvalue weighted by Gasteiger charge is -2.44. The van der Waals surface area contributed by atoms with Crippen molar-refractivity contribution in [1.82, 2.24) is 14.9 Å². The number of carbonyl (C=O) groups is 1. The van der Waals surface area contributed by atoms with Crippen molar-refractivity contribution in [2.24, 2.45) is 5.92 Å². The van der Waals surface area contributed by atoms with Gasteiger partial charge in [-0.2, -0.15) is 0 Å². The van der Waals surface area contributed by atoms with Crippen LogP contribution in [0, 0.1) is 19.8 Å². The van der Waals surface area contributed by atoms with Crippen LogP contribution in [0.25, 0.3) is 11.0 Å². The number of piperidine rings is 1.